The summed E-state index contributed by atoms with van der Waals surface area (Å²) in [4.78, 5) is 0. The summed E-state index contributed by atoms with van der Waals surface area (Å²) in [6.07, 6.45) is 2.98. The standard InChI is InChI=1S/C9H24N3OP/c1-4-7-10-14(13,11-8-5-2)12-9-6-3/h4-9H2,1-3H3,(H3,10,11,12,13). The number of hydrogen-bond acceptors (Lipinski definition) is 1. The molecule has 86 valence electrons. The zero-order chi connectivity index (χ0) is 10.9. The fraction of sp³-hybridized carbons (Fsp3) is 1.00. The predicted octanol–water partition coefficient (Wildman–Crippen LogP) is 2.09. The lowest BCUT2D eigenvalue weighted by molar-refractivity contribution is 0.537. The minimum atomic E-state index is -2.52. The summed E-state index contributed by atoms with van der Waals surface area (Å²) in [5, 5.41) is 9.15. The molecule has 0 saturated heterocycles. The molecule has 0 fully saturated rings. The van der Waals surface area contributed by atoms with Crippen molar-refractivity contribution in [2.75, 3.05) is 19.6 Å². The molecule has 0 spiro atoms. The molecule has 14 heavy (non-hydrogen) atoms. The minimum Gasteiger partial charge on any atom is -0.271 e. The van der Waals surface area contributed by atoms with Crippen LogP contribution < -0.4 is 15.3 Å². The number of nitrogens with one attached hydrogen (secondary N) is 3. The van der Waals surface area contributed by atoms with Gasteiger partial charge in [0, 0.05) is 19.6 Å². The lowest BCUT2D eigenvalue weighted by atomic mass is 10.5. The molecular formula is C9H24N3OP. The summed E-state index contributed by atoms with van der Waals surface area (Å²) in [5.74, 6) is 0. The molecule has 5 heteroatoms. The Balaban J connectivity index is 3.97. The van der Waals surface area contributed by atoms with E-state index < -0.39 is 7.59 Å². The first-order valence-electron chi connectivity index (χ1n) is 5.54. The van der Waals surface area contributed by atoms with E-state index in [0.29, 0.717) is 0 Å². The molecule has 0 unspecified atom stereocenters. The highest BCUT2D eigenvalue weighted by Gasteiger charge is 2.17. The molecule has 0 atom stereocenters. The third-order valence-corrected chi connectivity index (χ3v) is 3.76. The Kier molecular flexibility index (Phi) is 8.49. The van der Waals surface area contributed by atoms with Crippen molar-refractivity contribution in [3.63, 3.8) is 0 Å². The van der Waals surface area contributed by atoms with E-state index in [0.717, 1.165) is 38.9 Å². The normalized spacial score (nSPS) is 11.9. The Morgan fingerprint density at radius 2 is 1.07 bits per heavy atom. The Morgan fingerprint density at radius 3 is 1.29 bits per heavy atom. The van der Waals surface area contributed by atoms with Gasteiger partial charge in [0.25, 0.3) is 7.59 Å². The van der Waals surface area contributed by atoms with Crippen molar-refractivity contribution in [3.05, 3.63) is 0 Å². The topological polar surface area (TPSA) is 53.2 Å². The molecule has 4 nitrogen and oxygen atoms in total. The zero-order valence-electron chi connectivity index (χ0n) is 9.60. The smallest absolute Gasteiger partial charge is 0.271 e. The van der Waals surface area contributed by atoms with Gasteiger partial charge in [-0.1, -0.05) is 20.8 Å². The van der Waals surface area contributed by atoms with Gasteiger partial charge in [0.05, 0.1) is 0 Å². The van der Waals surface area contributed by atoms with E-state index in [4.69, 9.17) is 0 Å². The second-order valence-electron chi connectivity index (χ2n) is 3.33. The number of rotatable bonds is 9. The van der Waals surface area contributed by atoms with Crippen LogP contribution in [0.5, 0.6) is 0 Å². The van der Waals surface area contributed by atoms with E-state index in [2.05, 4.69) is 36.0 Å². The van der Waals surface area contributed by atoms with Gasteiger partial charge >= 0.3 is 0 Å². The number of hydrogen-bond donors (Lipinski definition) is 3. The second-order valence-corrected chi connectivity index (χ2v) is 5.50. The Labute approximate surface area is 87.8 Å². The van der Waals surface area contributed by atoms with Crippen molar-refractivity contribution in [1.29, 1.82) is 0 Å². The first-order valence-corrected chi connectivity index (χ1v) is 7.24. The van der Waals surface area contributed by atoms with Crippen LogP contribution in [0.2, 0.25) is 0 Å². The van der Waals surface area contributed by atoms with Crippen LogP contribution in [-0.2, 0) is 4.57 Å². The van der Waals surface area contributed by atoms with Gasteiger partial charge in [0.15, 0.2) is 0 Å². The first-order chi connectivity index (χ1) is 6.68. The van der Waals surface area contributed by atoms with E-state index in [1.165, 1.54) is 0 Å². The summed E-state index contributed by atoms with van der Waals surface area (Å²) in [7, 11) is -2.52. The van der Waals surface area contributed by atoms with Gasteiger partial charge in [-0.3, -0.25) is 4.57 Å². The first kappa shape index (κ1) is 14.1. The largest absolute Gasteiger partial charge is 0.279 e. The van der Waals surface area contributed by atoms with Crippen molar-refractivity contribution in [2.45, 2.75) is 40.0 Å². The van der Waals surface area contributed by atoms with Gasteiger partial charge in [-0.05, 0) is 19.3 Å². The van der Waals surface area contributed by atoms with Gasteiger partial charge < -0.3 is 0 Å². The molecule has 0 aliphatic carbocycles. The lowest BCUT2D eigenvalue weighted by Crippen LogP contribution is -2.33. The molecule has 0 saturated carbocycles. The van der Waals surface area contributed by atoms with E-state index >= 15 is 0 Å². The molecule has 0 radical (unpaired) electrons. The van der Waals surface area contributed by atoms with E-state index in [9.17, 15) is 4.57 Å². The van der Waals surface area contributed by atoms with E-state index in [-0.39, 0.29) is 0 Å². The van der Waals surface area contributed by atoms with Crippen LogP contribution in [0.4, 0.5) is 0 Å². The second kappa shape index (κ2) is 8.42. The fourth-order valence-corrected chi connectivity index (χ4v) is 2.93. The molecule has 0 aromatic rings. The zero-order valence-corrected chi connectivity index (χ0v) is 10.5. The summed E-state index contributed by atoms with van der Waals surface area (Å²) >= 11 is 0. The third kappa shape index (κ3) is 6.55. The Morgan fingerprint density at radius 1 is 0.786 bits per heavy atom. The highest BCUT2D eigenvalue weighted by molar-refractivity contribution is 7.57. The van der Waals surface area contributed by atoms with Gasteiger partial charge in [0.1, 0.15) is 0 Å². The van der Waals surface area contributed by atoms with E-state index in [1.807, 2.05) is 0 Å². The van der Waals surface area contributed by atoms with Crippen molar-refractivity contribution in [2.24, 2.45) is 0 Å². The maximum atomic E-state index is 12.2. The SMILES string of the molecule is CCCNP(=O)(NCCC)NCCC. The maximum absolute atomic E-state index is 12.2. The highest BCUT2D eigenvalue weighted by Crippen LogP contribution is 2.29. The van der Waals surface area contributed by atoms with Crippen molar-refractivity contribution >= 4 is 7.59 Å². The van der Waals surface area contributed by atoms with Gasteiger partial charge in [0.2, 0.25) is 0 Å². The van der Waals surface area contributed by atoms with Crippen LogP contribution >= 0.6 is 7.59 Å². The van der Waals surface area contributed by atoms with Crippen LogP contribution in [0.1, 0.15) is 40.0 Å². The summed E-state index contributed by atoms with van der Waals surface area (Å²) < 4.78 is 12.2. The molecule has 0 bridgehead atoms. The van der Waals surface area contributed by atoms with Crippen LogP contribution in [0.3, 0.4) is 0 Å². The van der Waals surface area contributed by atoms with Gasteiger partial charge in [-0.15, -0.1) is 0 Å². The van der Waals surface area contributed by atoms with Crippen molar-refractivity contribution < 1.29 is 4.57 Å². The summed E-state index contributed by atoms with van der Waals surface area (Å²) in [5.41, 5.74) is 0. The lowest BCUT2D eigenvalue weighted by Gasteiger charge is -2.21. The van der Waals surface area contributed by atoms with Gasteiger partial charge in [-0.25, -0.2) is 15.3 Å². The van der Waals surface area contributed by atoms with Crippen molar-refractivity contribution in [3.8, 4) is 0 Å². The molecule has 0 aliphatic rings. The maximum Gasteiger partial charge on any atom is 0.279 e. The summed E-state index contributed by atoms with van der Waals surface area (Å²) in [6, 6.07) is 0. The van der Waals surface area contributed by atoms with Gasteiger partial charge in [-0.2, -0.15) is 0 Å². The van der Waals surface area contributed by atoms with Crippen LogP contribution in [0.25, 0.3) is 0 Å². The average molecular weight is 221 g/mol. The molecule has 0 heterocycles. The third-order valence-electron chi connectivity index (χ3n) is 1.75. The molecular weight excluding hydrogens is 197 g/mol. The quantitative estimate of drug-likeness (QED) is 0.522. The van der Waals surface area contributed by atoms with Crippen LogP contribution in [0, 0.1) is 0 Å². The predicted molar refractivity (Wildman–Crippen MR) is 62.5 cm³/mol. The highest BCUT2D eigenvalue weighted by atomic mass is 31.2. The fourth-order valence-electron chi connectivity index (χ4n) is 0.975. The van der Waals surface area contributed by atoms with E-state index in [1.54, 1.807) is 0 Å². The average Bonchev–Trinajstić information content (AvgIpc) is 2.21. The monoisotopic (exact) mass is 221 g/mol. The minimum absolute atomic E-state index is 0.782. The van der Waals surface area contributed by atoms with Crippen LogP contribution in [-0.4, -0.2) is 19.6 Å². The molecule has 0 aliphatic heterocycles. The molecule has 0 aromatic heterocycles. The molecule has 0 rings (SSSR count). The molecule has 0 amide bonds. The Hall–Kier alpha value is 0.110. The molecule has 3 N–H and O–H groups in total. The Bertz CT molecular complexity index is 147. The van der Waals surface area contributed by atoms with Crippen LogP contribution in [0.15, 0.2) is 0 Å². The molecule has 0 aromatic carbocycles. The van der Waals surface area contributed by atoms with Crippen molar-refractivity contribution in [1.82, 2.24) is 15.3 Å². The summed E-state index contributed by atoms with van der Waals surface area (Å²) in [6.45, 7) is 8.55.